The van der Waals surface area contributed by atoms with Crippen molar-refractivity contribution >= 4 is 31.5 Å². The summed E-state index contributed by atoms with van der Waals surface area (Å²) in [5.74, 6) is -2.63. The number of fused-ring (bicyclic) bond motifs is 1. The van der Waals surface area contributed by atoms with Crippen LogP contribution in [0.1, 0.15) is 47.1 Å². The van der Waals surface area contributed by atoms with E-state index in [4.69, 9.17) is 32.7 Å². The molecule has 12 nitrogen and oxygen atoms in total. The fourth-order valence-corrected chi connectivity index (χ4v) is 5.48. The van der Waals surface area contributed by atoms with Gasteiger partial charge >= 0.3 is 31.5 Å². The molecule has 2 heterocycles. The molecular weight excluding hydrogens is 511 g/mol. The summed E-state index contributed by atoms with van der Waals surface area (Å²) in [6.45, 7) is 8.05. The Kier molecular flexibility index (Phi) is 11.1. The lowest BCUT2D eigenvalue weighted by Crippen LogP contribution is -2.62. The normalized spacial score (nSPS) is 28.2. The van der Waals surface area contributed by atoms with Crippen LogP contribution in [0.4, 0.5) is 0 Å². The van der Waals surface area contributed by atoms with Gasteiger partial charge in [0.25, 0.3) is 0 Å². The van der Waals surface area contributed by atoms with Crippen molar-refractivity contribution in [2.45, 2.75) is 78.7 Å². The molecule has 206 valence electrons. The zero-order chi connectivity index (χ0) is 27.8. The molecule has 2 aliphatic heterocycles. The van der Waals surface area contributed by atoms with Gasteiger partial charge in [-0.05, 0) is 18.1 Å². The van der Waals surface area contributed by atoms with Gasteiger partial charge in [-0.25, -0.2) is 4.57 Å². The zero-order valence-electron chi connectivity index (χ0n) is 21.7. The van der Waals surface area contributed by atoms with Crippen molar-refractivity contribution in [1.29, 1.82) is 0 Å². The number of carbonyl (C=O) groups is 4. The van der Waals surface area contributed by atoms with Gasteiger partial charge in [-0.1, -0.05) is 32.0 Å². The summed E-state index contributed by atoms with van der Waals surface area (Å²) in [6.07, 6.45) is -6.66. The number of benzene rings is 1. The maximum Gasteiger partial charge on any atom is 0.381 e. The van der Waals surface area contributed by atoms with Gasteiger partial charge in [0.05, 0.1) is 6.16 Å². The SMILES string of the molecule is CC.CC(=O)OCC1O[C@H](OP2(=O)CCc3ccccc3O2)C(OC(C)=O)[C@@H](OC(C)=O)[C@@H]1OC(C)=O. The average Bonchev–Trinajstić information content (AvgIpc) is 2.82. The van der Waals surface area contributed by atoms with Crippen molar-refractivity contribution in [2.24, 2.45) is 0 Å². The van der Waals surface area contributed by atoms with E-state index in [1.807, 2.05) is 26.0 Å². The van der Waals surface area contributed by atoms with Crippen molar-refractivity contribution in [2.75, 3.05) is 12.8 Å². The third-order valence-electron chi connectivity index (χ3n) is 5.08. The molecule has 1 aromatic carbocycles. The minimum absolute atomic E-state index is 0.00309. The van der Waals surface area contributed by atoms with Crippen LogP contribution in [0.5, 0.6) is 5.75 Å². The second-order valence-corrected chi connectivity index (χ2v) is 10.0. The fraction of sp³-hybridized carbons (Fsp3) is 0.583. The Morgan fingerprint density at radius 1 is 0.865 bits per heavy atom. The van der Waals surface area contributed by atoms with E-state index in [2.05, 4.69) is 0 Å². The minimum atomic E-state index is -3.84. The molecule has 0 radical (unpaired) electrons. The van der Waals surface area contributed by atoms with Crippen LogP contribution in [-0.2, 0) is 58.4 Å². The van der Waals surface area contributed by atoms with Crippen LogP contribution in [-0.4, -0.2) is 67.4 Å². The molecule has 1 saturated heterocycles. The molecule has 1 fully saturated rings. The molecule has 13 heteroatoms. The molecule has 0 aliphatic carbocycles. The lowest BCUT2D eigenvalue weighted by atomic mass is 9.98. The third-order valence-corrected chi connectivity index (χ3v) is 6.85. The Morgan fingerprint density at radius 3 is 2.03 bits per heavy atom. The number of ether oxygens (including phenoxy) is 5. The summed E-state index contributed by atoms with van der Waals surface area (Å²) in [7, 11) is -3.84. The van der Waals surface area contributed by atoms with Gasteiger partial charge in [0.15, 0.2) is 18.3 Å². The quantitative estimate of drug-likeness (QED) is 0.282. The minimum Gasteiger partial charge on any atom is -0.463 e. The molecule has 3 rings (SSSR count). The van der Waals surface area contributed by atoms with E-state index in [0.717, 1.165) is 33.3 Å². The monoisotopic (exact) mass is 544 g/mol. The smallest absolute Gasteiger partial charge is 0.381 e. The van der Waals surface area contributed by atoms with Crippen LogP contribution >= 0.6 is 7.60 Å². The molecule has 1 aromatic rings. The largest absolute Gasteiger partial charge is 0.463 e. The maximum atomic E-state index is 13.5. The van der Waals surface area contributed by atoms with Gasteiger partial charge in [0, 0.05) is 27.7 Å². The molecule has 6 atom stereocenters. The lowest BCUT2D eigenvalue weighted by molar-refractivity contribution is -0.289. The van der Waals surface area contributed by atoms with Crippen LogP contribution < -0.4 is 4.52 Å². The molecule has 0 spiro atoms. The van der Waals surface area contributed by atoms with E-state index in [9.17, 15) is 23.7 Å². The van der Waals surface area contributed by atoms with Crippen molar-refractivity contribution in [3.05, 3.63) is 29.8 Å². The molecule has 0 N–H and O–H groups in total. The molecule has 0 amide bonds. The molecule has 0 saturated carbocycles. The molecule has 0 aromatic heterocycles. The summed E-state index contributed by atoms with van der Waals surface area (Å²) >= 11 is 0. The highest BCUT2D eigenvalue weighted by atomic mass is 31.2. The van der Waals surface area contributed by atoms with Crippen LogP contribution in [0.15, 0.2) is 24.3 Å². The molecular formula is C24H33O12P. The van der Waals surface area contributed by atoms with Gasteiger partial charge in [-0.3, -0.25) is 23.7 Å². The van der Waals surface area contributed by atoms with E-state index in [0.29, 0.717) is 12.2 Å². The number of aryl methyl sites for hydroxylation is 1. The van der Waals surface area contributed by atoms with Gasteiger partial charge in [-0.15, -0.1) is 0 Å². The number of esters is 4. The standard InChI is InChI=1S/C22H27O12P.C2H6/c1-12(23)28-11-18-19(29-13(2)24)20(30-14(3)25)21(31-15(4)26)22(32-18)34-35(27)10-9-16-7-5-6-8-17(16)33-35;1-2/h5-8,18-22H,9-11H2,1-4H3;1-2H3/t18?,19-,20+,21?,22-,35?;/m1./s1. The Balaban J connectivity index is 0.00000235. The number of hydrogen-bond donors (Lipinski definition) is 0. The zero-order valence-corrected chi connectivity index (χ0v) is 22.6. The average molecular weight is 544 g/mol. The maximum absolute atomic E-state index is 13.5. The van der Waals surface area contributed by atoms with Gasteiger partial charge < -0.3 is 28.2 Å². The summed E-state index contributed by atoms with van der Waals surface area (Å²) in [6, 6.07) is 6.99. The number of rotatable bonds is 7. The number of para-hydroxylation sites is 1. The first-order chi connectivity index (χ1) is 17.5. The van der Waals surface area contributed by atoms with E-state index in [-0.39, 0.29) is 6.16 Å². The molecule has 0 bridgehead atoms. The summed E-state index contributed by atoms with van der Waals surface area (Å²) in [4.78, 5) is 47.0. The first kappa shape index (κ1) is 30.3. The lowest BCUT2D eigenvalue weighted by Gasteiger charge is -2.44. The van der Waals surface area contributed by atoms with Crippen molar-refractivity contribution < 1.29 is 56.5 Å². The van der Waals surface area contributed by atoms with Crippen molar-refractivity contribution in [1.82, 2.24) is 0 Å². The number of hydrogen-bond acceptors (Lipinski definition) is 12. The predicted molar refractivity (Wildman–Crippen MR) is 128 cm³/mol. The van der Waals surface area contributed by atoms with Crippen LogP contribution in [0.2, 0.25) is 0 Å². The molecule has 2 aliphatic rings. The molecule has 37 heavy (non-hydrogen) atoms. The number of carbonyl (C=O) groups excluding carboxylic acids is 4. The topological polar surface area (TPSA) is 150 Å². The van der Waals surface area contributed by atoms with Gasteiger partial charge in [-0.2, -0.15) is 0 Å². The van der Waals surface area contributed by atoms with Crippen molar-refractivity contribution in [3.63, 3.8) is 0 Å². The predicted octanol–water partition coefficient (Wildman–Crippen LogP) is 2.94. The second-order valence-electron chi connectivity index (χ2n) is 7.96. The Bertz CT molecular complexity index is 1020. The first-order valence-electron chi connectivity index (χ1n) is 11.8. The third kappa shape index (κ3) is 8.55. The highest BCUT2D eigenvalue weighted by molar-refractivity contribution is 7.54. The van der Waals surface area contributed by atoms with E-state index in [1.165, 1.54) is 0 Å². The Hall–Kier alpha value is -2.95. The second kappa shape index (κ2) is 13.6. The first-order valence-corrected chi connectivity index (χ1v) is 13.6. The Morgan fingerprint density at radius 2 is 1.43 bits per heavy atom. The van der Waals surface area contributed by atoms with Gasteiger partial charge in [0.2, 0.25) is 6.29 Å². The van der Waals surface area contributed by atoms with Crippen LogP contribution in [0.25, 0.3) is 0 Å². The summed E-state index contributed by atoms with van der Waals surface area (Å²) in [5.41, 5.74) is 0.837. The van der Waals surface area contributed by atoms with E-state index >= 15 is 0 Å². The fourth-order valence-electron chi connectivity index (χ4n) is 3.76. The summed E-state index contributed by atoms with van der Waals surface area (Å²) < 4.78 is 51.7. The summed E-state index contributed by atoms with van der Waals surface area (Å²) in [5, 5.41) is 0. The van der Waals surface area contributed by atoms with E-state index < -0.39 is 68.8 Å². The molecule has 3 unspecified atom stereocenters. The highest BCUT2D eigenvalue weighted by Gasteiger charge is 2.54. The van der Waals surface area contributed by atoms with E-state index in [1.54, 1.807) is 12.1 Å². The van der Waals surface area contributed by atoms with Crippen LogP contribution in [0.3, 0.4) is 0 Å². The Labute approximate surface area is 215 Å². The van der Waals surface area contributed by atoms with Crippen molar-refractivity contribution in [3.8, 4) is 5.75 Å². The van der Waals surface area contributed by atoms with Gasteiger partial charge in [0.1, 0.15) is 18.5 Å². The van der Waals surface area contributed by atoms with Crippen LogP contribution in [0, 0.1) is 0 Å². The highest BCUT2D eigenvalue weighted by Crippen LogP contribution is 2.55.